The van der Waals surface area contributed by atoms with Crippen molar-refractivity contribution in [1.82, 2.24) is 0 Å². The van der Waals surface area contributed by atoms with Crippen LogP contribution in [0.4, 0.5) is 0 Å². The van der Waals surface area contributed by atoms with Crippen LogP contribution < -0.4 is 0 Å². The Labute approximate surface area is 187 Å². The molecule has 0 atom stereocenters. The van der Waals surface area contributed by atoms with Gasteiger partial charge in [0.15, 0.2) is 0 Å². The number of ether oxygens (including phenoxy) is 3. The Morgan fingerprint density at radius 1 is 0.467 bits per heavy atom. The van der Waals surface area contributed by atoms with Gasteiger partial charge in [-0.25, -0.2) is 0 Å². The first-order valence-electron chi connectivity index (χ1n) is 13.1. The molecule has 0 aromatic heterocycles. The molecule has 30 heavy (non-hydrogen) atoms. The maximum atomic E-state index is 11.7. The first-order chi connectivity index (χ1) is 14.8. The molecule has 0 bridgehead atoms. The van der Waals surface area contributed by atoms with E-state index in [9.17, 15) is 4.79 Å². The Morgan fingerprint density at radius 3 is 1.37 bits per heavy atom. The van der Waals surface area contributed by atoms with E-state index < -0.39 is 0 Å². The van der Waals surface area contributed by atoms with Crippen LogP contribution in [0.2, 0.25) is 0 Å². The molecule has 4 heteroatoms. The number of hydrogen-bond donors (Lipinski definition) is 0. The highest BCUT2D eigenvalue weighted by molar-refractivity contribution is 5.69. The first-order valence-corrected chi connectivity index (χ1v) is 13.1. The Balaban J connectivity index is 3.12. The molecular formula is C26H52O4. The molecule has 0 aromatic rings. The molecule has 0 saturated carbocycles. The Hall–Kier alpha value is -0.610. The fourth-order valence-corrected chi connectivity index (χ4v) is 3.47. The summed E-state index contributed by atoms with van der Waals surface area (Å²) in [5.41, 5.74) is 0. The first kappa shape index (κ1) is 29.4. The largest absolute Gasteiger partial charge is 0.466 e. The van der Waals surface area contributed by atoms with Crippen molar-refractivity contribution in [3.63, 3.8) is 0 Å². The van der Waals surface area contributed by atoms with Gasteiger partial charge >= 0.3 is 5.97 Å². The van der Waals surface area contributed by atoms with Gasteiger partial charge in [0.25, 0.3) is 0 Å². The smallest absolute Gasteiger partial charge is 0.305 e. The molecule has 0 amide bonds. The summed E-state index contributed by atoms with van der Waals surface area (Å²) in [7, 11) is 0. The average Bonchev–Trinajstić information content (AvgIpc) is 2.75. The molecule has 4 nitrogen and oxygen atoms in total. The summed E-state index contributed by atoms with van der Waals surface area (Å²) in [6, 6.07) is 0. The average molecular weight is 429 g/mol. The van der Waals surface area contributed by atoms with Gasteiger partial charge < -0.3 is 14.2 Å². The summed E-state index contributed by atoms with van der Waals surface area (Å²) in [4.78, 5) is 11.7. The monoisotopic (exact) mass is 428 g/mol. The topological polar surface area (TPSA) is 44.8 Å². The van der Waals surface area contributed by atoms with E-state index in [1.807, 2.05) is 0 Å². The Kier molecular flexibility index (Phi) is 25.9. The van der Waals surface area contributed by atoms with E-state index in [0.29, 0.717) is 32.8 Å². The lowest BCUT2D eigenvalue weighted by Crippen LogP contribution is -2.09. The quantitative estimate of drug-likeness (QED) is 0.111. The van der Waals surface area contributed by atoms with Gasteiger partial charge in [-0.15, -0.1) is 0 Å². The lowest BCUT2D eigenvalue weighted by molar-refractivity contribution is -0.144. The van der Waals surface area contributed by atoms with Crippen LogP contribution in [-0.4, -0.2) is 39.0 Å². The summed E-state index contributed by atoms with van der Waals surface area (Å²) in [5, 5.41) is 0. The van der Waals surface area contributed by atoms with Crippen molar-refractivity contribution < 1.29 is 19.0 Å². The number of hydrogen-bond acceptors (Lipinski definition) is 4. The molecular weight excluding hydrogens is 376 g/mol. The summed E-state index contributed by atoms with van der Waals surface area (Å²) >= 11 is 0. The predicted octanol–water partition coefficient (Wildman–Crippen LogP) is 7.62. The molecule has 180 valence electrons. The molecule has 0 unspecified atom stereocenters. The fourth-order valence-electron chi connectivity index (χ4n) is 3.47. The molecule has 0 spiro atoms. The van der Waals surface area contributed by atoms with E-state index in [2.05, 4.69) is 13.8 Å². The van der Waals surface area contributed by atoms with Crippen molar-refractivity contribution in [3.05, 3.63) is 0 Å². The van der Waals surface area contributed by atoms with Crippen LogP contribution in [0.15, 0.2) is 0 Å². The normalized spacial score (nSPS) is 11.1. The molecule has 0 saturated heterocycles. The lowest BCUT2D eigenvalue weighted by Gasteiger charge is -2.07. The van der Waals surface area contributed by atoms with Crippen LogP contribution in [0.3, 0.4) is 0 Å². The van der Waals surface area contributed by atoms with Gasteiger partial charge in [0.1, 0.15) is 0 Å². The van der Waals surface area contributed by atoms with Gasteiger partial charge in [-0.05, 0) is 19.3 Å². The van der Waals surface area contributed by atoms with E-state index >= 15 is 0 Å². The van der Waals surface area contributed by atoms with Crippen LogP contribution in [0, 0.1) is 0 Å². The molecule has 0 aliphatic rings. The highest BCUT2D eigenvalue weighted by Crippen LogP contribution is 2.09. The summed E-state index contributed by atoms with van der Waals surface area (Å²) in [5.74, 6) is -0.0903. The standard InChI is InChI=1S/C26H52O4/c1-3-5-7-9-11-13-15-17-21-28-24-25-29-22-19-20-26(27)30-23-18-16-14-12-10-8-6-4-2/h3-25H2,1-2H3. The zero-order chi connectivity index (χ0) is 22.0. The van der Waals surface area contributed by atoms with E-state index in [-0.39, 0.29) is 5.97 Å². The van der Waals surface area contributed by atoms with Gasteiger partial charge in [0.05, 0.1) is 19.8 Å². The van der Waals surface area contributed by atoms with Crippen LogP contribution in [-0.2, 0) is 19.0 Å². The second kappa shape index (κ2) is 26.4. The minimum Gasteiger partial charge on any atom is -0.466 e. The van der Waals surface area contributed by atoms with Crippen LogP contribution in [0.25, 0.3) is 0 Å². The highest BCUT2D eigenvalue weighted by atomic mass is 16.5. The maximum absolute atomic E-state index is 11.7. The molecule has 0 radical (unpaired) electrons. The van der Waals surface area contributed by atoms with Gasteiger partial charge in [-0.2, -0.15) is 0 Å². The molecule has 0 heterocycles. The third-order valence-electron chi connectivity index (χ3n) is 5.44. The zero-order valence-electron chi connectivity index (χ0n) is 20.4. The van der Waals surface area contributed by atoms with Crippen molar-refractivity contribution in [3.8, 4) is 0 Å². The number of carbonyl (C=O) groups is 1. The van der Waals surface area contributed by atoms with Crippen molar-refractivity contribution in [2.75, 3.05) is 33.0 Å². The number of carbonyl (C=O) groups excluding carboxylic acids is 1. The molecule has 0 rings (SSSR count). The third-order valence-corrected chi connectivity index (χ3v) is 5.44. The highest BCUT2D eigenvalue weighted by Gasteiger charge is 2.02. The van der Waals surface area contributed by atoms with Gasteiger partial charge in [0, 0.05) is 19.6 Å². The molecule has 0 aromatic carbocycles. The molecule has 0 fully saturated rings. The van der Waals surface area contributed by atoms with Crippen LogP contribution >= 0.6 is 0 Å². The summed E-state index contributed by atoms with van der Waals surface area (Å²) in [6.07, 6.45) is 21.9. The third kappa shape index (κ3) is 25.4. The SMILES string of the molecule is CCCCCCCCCCOCCOCCCC(=O)OCCCCCCCCCC. The Bertz CT molecular complexity index is 333. The minimum atomic E-state index is -0.0903. The molecule has 0 N–H and O–H groups in total. The van der Waals surface area contributed by atoms with Crippen LogP contribution in [0.1, 0.15) is 129 Å². The van der Waals surface area contributed by atoms with Crippen LogP contribution in [0.5, 0.6) is 0 Å². The summed E-state index contributed by atoms with van der Waals surface area (Å²) in [6.45, 7) is 7.78. The number of unbranched alkanes of at least 4 members (excludes halogenated alkanes) is 14. The van der Waals surface area contributed by atoms with E-state index in [0.717, 1.165) is 25.9 Å². The van der Waals surface area contributed by atoms with E-state index in [4.69, 9.17) is 14.2 Å². The van der Waals surface area contributed by atoms with Crippen molar-refractivity contribution in [2.24, 2.45) is 0 Å². The summed E-state index contributed by atoms with van der Waals surface area (Å²) < 4.78 is 16.4. The second-order valence-electron chi connectivity index (χ2n) is 8.50. The predicted molar refractivity (Wildman–Crippen MR) is 127 cm³/mol. The lowest BCUT2D eigenvalue weighted by atomic mass is 10.1. The van der Waals surface area contributed by atoms with Crippen molar-refractivity contribution in [1.29, 1.82) is 0 Å². The molecule has 0 aliphatic carbocycles. The minimum absolute atomic E-state index is 0.0903. The van der Waals surface area contributed by atoms with E-state index in [1.165, 1.54) is 89.9 Å². The van der Waals surface area contributed by atoms with Gasteiger partial charge in [-0.3, -0.25) is 4.79 Å². The zero-order valence-corrected chi connectivity index (χ0v) is 20.4. The number of esters is 1. The van der Waals surface area contributed by atoms with Crippen molar-refractivity contribution in [2.45, 2.75) is 129 Å². The van der Waals surface area contributed by atoms with Gasteiger partial charge in [0.2, 0.25) is 0 Å². The van der Waals surface area contributed by atoms with Crippen molar-refractivity contribution >= 4 is 5.97 Å². The maximum Gasteiger partial charge on any atom is 0.305 e. The number of rotatable bonds is 25. The molecule has 0 aliphatic heterocycles. The van der Waals surface area contributed by atoms with E-state index in [1.54, 1.807) is 0 Å². The second-order valence-corrected chi connectivity index (χ2v) is 8.50. The fraction of sp³-hybridized carbons (Fsp3) is 0.962. The Morgan fingerprint density at radius 2 is 0.867 bits per heavy atom. The van der Waals surface area contributed by atoms with Gasteiger partial charge in [-0.1, -0.05) is 104 Å².